The van der Waals surface area contributed by atoms with E-state index in [-0.39, 0.29) is 5.91 Å². The van der Waals surface area contributed by atoms with Crippen LogP contribution in [0.5, 0.6) is 0 Å². The van der Waals surface area contributed by atoms with Gasteiger partial charge in [0.15, 0.2) is 5.69 Å². The number of rotatable bonds is 3. The highest BCUT2D eigenvalue weighted by Gasteiger charge is 2.20. The smallest absolute Gasteiger partial charge is 0.222 e. The number of hydrogen-bond donors (Lipinski definition) is 2. The lowest BCUT2D eigenvalue weighted by Gasteiger charge is -2.05. The molecule has 0 unspecified atom stereocenters. The molecule has 132 valence electrons. The summed E-state index contributed by atoms with van der Waals surface area (Å²) < 4.78 is 0. The zero-order chi connectivity index (χ0) is 19.0. The van der Waals surface area contributed by atoms with Crippen molar-refractivity contribution in [2.75, 3.05) is 5.32 Å². The minimum atomic E-state index is -0.205. The van der Waals surface area contributed by atoms with E-state index in [2.05, 4.69) is 25.3 Å². The average molecular weight is 395 g/mol. The van der Waals surface area contributed by atoms with Gasteiger partial charge in [0.05, 0.1) is 27.3 Å². The fourth-order valence-electron chi connectivity index (χ4n) is 2.75. The Balaban J connectivity index is 1.96. The van der Waals surface area contributed by atoms with E-state index in [1.807, 2.05) is 12.1 Å². The van der Waals surface area contributed by atoms with Gasteiger partial charge < -0.3 is 10.3 Å². The molecule has 9 heteroatoms. The number of pyridine rings is 2. The number of aromatic amines is 1. The Kier molecular flexibility index (Phi) is 4.32. The Morgan fingerprint density at radius 1 is 1.37 bits per heavy atom. The van der Waals surface area contributed by atoms with E-state index in [9.17, 15) is 4.79 Å². The van der Waals surface area contributed by atoms with Crippen molar-refractivity contribution in [2.24, 2.45) is 0 Å². The van der Waals surface area contributed by atoms with Gasteiger partial charge in [-0.1, -0.05) is 11.6 Å². The molecule has 1 amide bonds. The van der Waals surface area contributed by atoms with Crippen LogP contribution in [0.1, 0.15) is 12.6 Å². The third-order valence-corrected chi connectivity index (χ3v) is 4.85. The van der Waals surface area contributed by atoms with Crippen molar-refractivity contribution < 1.29 is 4.79 Å². The van der Waals surface area contributed by atoms with Crippen molar-refractivity contribution in [3.63, 3.8) is 0 Å². The van der Waals surface area contributed by atoms with E-state index in [1.165, 1.54) is 18.3 Å². The number of hydrogen-bond acceptors (Lipinski definition) is 6. The van der Waals surface area contributed by atoms with Crippen LogP contribution in [-0.4, -0.2) is 25.8 Å². The number of thiazole rings is 1. The molecule has 0 saturated carbocycles. The minimum Gasteiger partial charge on any atom is -0.353 e. The van der Waals surface area contributed by atoms with Crippen LogP contribution < -0.4 is 5.32 Å². The van der Waals surface area contributed by atoms with E-state index in [4.69, 9.17) is 16.9 Å². The predicted octanol–water partition coefficient (Wildman–Crippen LogP) is 4.23. The molecule has 0 aliphatic heterocycles. The molecule has 0 bridgehead atoms. The van der Waals surface area contributed by atoms with Crippen molar-refractivity contribution in [3.05, 3.63) is 46.7 Å². The zero-order valence-corrected chi connectivity index (χ0v) is 15.5. The van der Waals surface area contributed by atoms with Crippen LogP contribution in [0, 0.1) is 11.3 Å². The second-order valence-electron chi connectivity index (χ2n) is 5.69. The van der Waals surface area contributed by atoms with Gasteiger partial charge in [-0.25, -0.2) is 9.97 Å². The van der Waals surface area contributed by atoms with Crippen LogP contribution in [0.25, 0.3) is 32.9 Å². The van der Waals surface area contributed by atoms with Gasteiger partial charge in [0, 0.05) is 30.3 Å². The Morgan fingerprint density at radius 3 is 2.96 bits per heavy atom. The SMILES string of the molecule is CC(=O)Nc1cc(-c2[nH]c3cc(Cl)cnc3c2-c2nc(C#N)cs2)ccn1. The molecule has 7 nitrogen and oxygen atoms in total. The third-order valence-electron chi connectivity index (χ3n) is 3.79. The monoisotopic (exact) mass is 394 g/mol. The number of carbonyl (C=O) groups excluding carboxylic acids is 1. The molecule has 0 saturated heterocycles. The van der Waals surface area contributed by atoms with Gasteiger partial charge in [0.25, 0.3) is 0 Å². The van der Waals surface area contributed by atoms with Crippen LogP contribution in [0.2, 0.25) is 5.02 Å². The topological polar surface area (TPSA) is 107 Å². The van der Waals surface area contributed by atoms with Gasteiger partial charge in [0.1, 0.15) is 16.9 Å². The first-order valence-corrected chi connectivity index (χ1v) is 9.08. The first-order chi connectivity index (χ1) is 13.0. The van der Waals surface area contributed by atoms with Gasteiger partial charge in [-0.3, -0.25) is 9.78 Å². The molecule has 4 aromatic rings. The summed E-state index contributed by atoms with van der Waals surface area (Å²) in [6, 6.07) is 7.41. The molecule has 4 heterocycles. The van der Waals surface area contributed by atoms with Crippen LogP contribution in [0.3, 0.4) is 0 Å². The fraction of sp³-hybridized carbons (Fsp3) is 0.0556. The summed E-state index contributed by atoms with van der Waals surface area (Å²) in [5.41, 5.74) is 4.12. The quantitative estimate of drug-likeness (QED) is 0.540. The van der Waals surface area contributed by atoms with E-state index >= 15 is 0 Å². The summed E-state index contributed by atoms with van der Waals surface area (Å²) in [6.45, 7) is 1.42. The van der Waals surface area contributed by atoms with Crippen molar-refractivity contribution >= 4 is 45.7 Å². The Hall–Kier alpha value is -3.28. The third kappa shape index (κ3) is 3.26. The van der Waals surface area contributed by atoms with Crippen molar-refractivity contribution in [1.29, 1.82) is 5.26 Å². The summed E-state index contributed by atoms with van der Waals surface area (Å²) in [6.07, 6.45) is 3.18. The molecule has 0 atom stereocenters. The fourth-order valence-corrected chi connectivity index (χ4v) is 3.70. The molecule has 4 aromatic heterocycles. The normalized spacial score (nSPS) is 10.7. The largest absolute Gasteiger partial charge is 0.353 e. The summed E-state index contributed by atoms with van der Waals surface area (Å²) in [5.74, 6) is 0.232. The van der Waals surface area contributed by atoms with Crippen LogP contribution >= 0.6 is 22.9 Å². The van der Waals surface area contributed by atoms with Crippen LogP contribution in [0.15, 0.2) is 36.0 Å². The lowest BCUT2D eigenvalue weighted by Crippen LogP contribution is -2.07. The second-order valence-corrected chi connectivity index (χ2v) is 6.98. The zero-order valence-electron chi connectivity index (χ0n) is 13.9. The molecule has 0 spiro atoms. The van der Waals surface area contributed by atoms with Gasteiger partial charge in [-0.15, -0.1) is 11.3 Å². The highest BCUT2D eigenvalue weighted by molar-refractivity contribution is 7.13. The Bertz CT molecular complexity index is 1220. The van der Waals surface area contributed by atoms with Gasteiger partial charge >= 0.3 is 0 Å². The number of carbonyl (C=O) groups is 1. The first kappa shape index (κ1) is 17.1. The van der Waals surface area contributed by atoms with E-state index in [0.717, 1.165) is 22.3 Å². The molecule has 0 aliphatic carbocycles. The highest BCUT2D eigenvalue weighted by Crippen LogP contribution is 2.39. The number of fused-ring (bicyclic) bond motifs is 1. The summed E-state index contributed by atoms with van der Waals surface area (Å²) in [7, 11) is 0. The number of H-pyrrole nitrogens is 1. The van der Waals surface area contributed by atoms with Crippen molar-refractivity contribution in [1.82, 2.24) is 19.9 Å². The number of nitrogens with one attached hydrogen (secondary N) is 2. The number of nitriles is 1. The molecule has 27 heavy (non-hydrogen) atoms. The van der Waals surface area contributed by atoms with Crippen molar-refractivity contribution in [2.45, 2.75) is 6.92 Å². The van der Waals surface area contributed by atoms with E-state index < -0.39 is 0 Å². The molecule has 4 rings (SSSR count). The van der Waals surface area contributed by atoms with Crippen molar-refractivity contribution in [3.8, 4) is 27.9 Å². The summed E-state index contributed by atoms with van der Waals surface area (Å²) in [4.78, 5) is 27.6. The van der Waals surface area contributed by atoms with Crippen LogP contribution in [-0.2, 0) is 4.79 Å². The summed E-state index contributed by atoms with van der Waals surface area (Å²) >= 11 is 7.45. The van der Waals surface area contributed by atoms with Gasteiger partial charge in [-0.05, 0) is 18.2 Å². The molecule has 0 radical (unpaired) electrons. The predicted molar refractivity (Wildman–Crippen MR) is 104 cm³/mol. The van der Waals surface area contributed by atoms with Crippen LogP contribution in [0.4, 0.5) is 5.82 Å². The maximum Gasteiger partial charge on any atom is 0.222 e. The molecule has 0 fully saturated rings. The van der Waals surface area contributed by atoms with Gasteiger partial charge in [0.2, 0.25) is 5.91 Å². The molecular formula is C18H11ClN6OS. The minimum absolute atomic E-state index is 0.205. The highest BCUT2D eigenvalue weighted by atomic mass is 35.5. The Labute approximate surface area is 162 Å². The maximum atomic E-state index is 11.3. The lowest BCUT2D eigenvalue weighted by molar-refractivity contribution is -0.114. The summed E-state index contributed by atoms with van der Waals surface area (Å²) in [5, 5.41) is 14.7. The average Bonchev–Trinajstić information content (AvgIpc) is 3.24. The maximum absolute atomic E-state index is 11.3. The molecule has 0 aliphatic rings. The first-order valence-electron chi connectivity index (χ1n) is 7.82. The standard InChI is InChI=1S/C18H11ClN6OS/c1-9(26)23-14-4-10(2-3-21-14)16-15(18-24-12(6-20)8-27-18)17-13(25-16)5-11(19)7-22-17/h2-5,7-8,25H,1H3,(H,21,23,26). The lowest BCUT2D eigenvalue weighted by atomic mass is 10.1. The number of aromatic nitrogens is 4. The number of halogens is 1. The Morgan fingerprint density at radius 2 is 2.22 bits per heavy atom. The van der Waals surface area contributed by atoms with E-state index in [0.29, 0.717) is 27.1 Å². The number of nitrogens with zero attached hydrogens (tertiary/aromatic N) is 4. The molecule has 2 N–H and O–H groups in total. The number of amides is 1. The van der Waals surface area contributed by atoms with E-state index in [1.54, 1.807) is 29.9 Å². The van der Waals surface area contributed by atoms with Gasteiger partial charge in [-0.2, -0.15) is 5.26 Å². The molecular weight excluding hydrogens is 384 g/mol. The molecule has 0 aromatic carbocycles. The number of anilines is 1. The second kappa shape index (κ2) is 6.79.